The fraction of sp³-hybridized carbons (Fsp3) is 0.200. The Hall–Kier alpha value is -0.470. The Morgan fingerprint density at radius 1 is 1.62 bits per heavy atom. The molecule has 0 radical (unpaired) electrons. The minimum atomic E-state index is 0.360. The highest BCUT2D eigenvalue weighted by atomic mass is 79.9. The highest BCUT2D eigenvalue weighted by Gasteiger charge is 1.98. The summed E-state index contributed by atoms with van der Waals surface area (Å²) in [6.45, 7) is 7.83. The van der Waals surface area contributed by atoms with E-state index in [9.17, 15) is 0 Å². The lowest BCUT2D eigenvalue weighted by Gasteiger charge is -1.88. The van der Waals surface area contributed by atoms with Crippen molar-refractivity contribution in [2.24, 2.45) is 0 Å². The molecule has 0 aromatic carbocycles. The van der Waals surface area contributed by atoms with Crippen molar-refractivity contribution < 1.29 is 4.42 Å². The van der Waals surface area contributed by atoms with Crippen LogP contribution in [-0.4, -0.2) is 0 Å². The predicted octanol–water partition coefficient (Wildman–Crippen LogP) is 2.81. The number of hydrogen-bond donors (Lipinski definition) is 0. The number of hydrogen-bond acceptors (Lipinski definition) is 1. The van der Waals surface area contributed by atoms with Crippen LogP contribution in [0.1, 0.15) is 13.8 Å². The van der Waals surface area contributed by atoms with Crippen molar-refractivity contribution in [3.8, 4) is 0 Å². The van der Waals surface area contributed by atoms with Gasteiger partial charge in [0.15, 0.2) is 5.22 Å². The Balaban J connectivity index is 3.42. The van der Waals surface area contributed by atoms with Gasteiger partial charge in [0.1, 0.15) is 5.42 Å². The first kappa shape index (κ1) is 10.6. The average Bonchev–Trinajstić information content (AvgIpc) is 2.28. The van der Waals surface area contributed by atoms with Crippen LogP contribution in [0.2, 0.25) is 5.22 Å². The summed E-state index contributed by atoms with van der Waals surface area (Å²) in [6.07, 6.45) is 1.96. The van der Waals surface area contributed by atoms with Crippen molar-refractivity contribution in [1.82, 2.24) is 0 Å². The van der Waals surface area contributed by atoms with Gasteiger partial charge in [-0.05, 0) is 47.5 Å². The molecule has 1 heterocycles. The molecule has 0 amide bonds. The Bertz CT molecular complexity index is 438. The molecule has 1 rings (SSSR count). The molecule has 1 aromatic rings. The van der Waals surface area contributed by atoms with Gasteiger partial charge in [-0.3, -0.25) is 0 Å². The van der Waals surface area contributed by atoms with E-state index in [4.69, 9.17) is 16.0 Å². The molecule has 1 nitrogen and oxygen atoms in total. The standard InChI is InChI=1S/C10H10BrClO/c1-6(2)4-8(11)10-7(3)5-9(12)13-10/h4-5H,3H2,1-2H3/b10-8-. The smallest absolute Gasteiger partial charge is 0.194 e. The SMILES string of the molecule is C=c1cc(Cl)o/c1=C(\Br)C=C(C)C. The summed E-state index contributed by atoms with van der Waals surface area (Å²) in [5.41, 5.74) is 1.87. The second-order valence-electron chi connectivity index (χ2n) is 2.97. The van der Waals surface area contributed by atoms with Crippen molar-refractivity contribution in [1.29, 1.82) is 0 Å². The molecular formula is C10H10BrClO. The average molecular weight is 262 g/mol. The van der Waals surface area contributed by atoms with Gasteiger partial charge in [-0.1, -0.05) is 12.2 Å². The molecule has 0 aliphatic carbocycles. The first-order valence-electron chi connectivity index (χ1n) is 3.79. The van der Waals surface area contributed by atoms with Crippen molar-refractivity contribution in [2.75, 3.05) is 0 Å². The molecular weight excluding hydrogens is 251 g/mol. The Kier molecular flexibility index (Phi) is 3.40. The van der Waals surface area contributed by atoms with Crippen LogP contribution < -0.4 is 10.6 Å². The van der Waals surface area contributed by atoms with Crippen LogP contribution in [0.3, 0.4) is 0 Å². The number of allylic oxidation sites excluding steroid dienone is 2. The molecule has 0 saturated carbocycles. The van der Waals surface area contributed by atoms with Crippen LogP contribution in [0, 0.1) is 0 Å². The van der Waals surface area contributed by atoms with Crippen LogP contribution in [0.4, 0.5) is 0 Å². The monoisotopic (exact) mass is 260 g/mol. The molecule has 0 bridgehead atoms. The van der Waals surface area contributed by atoms with E-state index in [0.29, 0.717) is 10.6 Å². The summed E-state index contributed by atoms with van der Waals surface area (Å²) in [6, 6.07) is 1.69. The van der Waals surface area contributed by atoms with E-state index >= 15 is 0 Å². The third-order valence-corrected chi connectivity index (χ3v) is 2.19. The van der Waals surface area contributed by atoms with E-state index < -0.39 is 0 Å². The van der Waals surface area contributed by atoms with Crippen molar-refractivity contribution in [2.45, 2.75) is 13.8 Å². The van der Waals surface area contributed by atoms with E-state index in [-0.39, 0.29) is 0 Å². The second kappa shape index (κ2) is 4.16. The molecule has 0 N–H and O–H groups in total. The number of rotatable bonds is 1. The lowest BCUT2D eigenvalue weighted by molar-refractivity contribution is 0.533. The van der Waals surface area contributed by atoms with E-state index in [1.807, 2.05) is 19.9 Å². The van der Waals surface area contributed by atoms with E-state index in [1.54, 1.807) is 6.07 Å². The Labute approximate surface area is 90.5 Å². The third kappa shape index (κ3) is 2.75. The minimum absolute atomic E-state index is 0.360. The zero-order valence-electron chi connectivity index (χ0n) is 7.53. The van der Waals surface area contributed by atoms with Gasteiger partial charge < -0.3 is 4.42 Å². The van der Waals surface area contributed by atoms with Crippen LogP contribution in [0.15, 0.2) is 22.1 Å². The summed E-state index contributed by atoms with van der Waals surface area (Å²) >= 11 is 9.08. The molecule has 0 saturated heterocycles. The molecule has 1 aromatic heterocycles. The number of halogens is 2. The van der Waals surface area contributed by atoms with E-state index in [1.165, 1.54) is 5.57 Å². The fourth-order valence-corrected chi connectivity index (χ4v) is 1.92. The molecule has 0 fully saturated rings. The zero-order chi connectivity index (χ0) is 10.0. The Morgan fingerprint density at radius 2 is 2.23 bits per heavy atom. The summed E-state index contributed by atoms with van der Waals surface area (Å²) in [5.74, 6) is 0. The lowest BCUT2D eigenvalue weighted by atomic mass is 10.3. The molecule has 0 spiro atoms. The Morgan fingerprint density at radius 3 is 2.62 bits per heavy atom. The second-order valence-corrected chi connectivity index (χ2v) is 4.20. The third-order valence-electron chi connectivity index (χ3n) is 1.41. The summed E-state index contributed by atoms with van der Waals surface area (Å²) in [7, 11) is 0. The maximum atomic E-state index is 5.68. The van der Waals surface area contributed by atoms with Crippen LogP contribution in [-0.2, 0) is 0 Å². The van der Waals surface area contributed by atoms with Crippen LogP contribution >= 0.6 is 27.5 Å². The van der Waals surface area contributed by atoms with Gasteiger partial charge in [0.2, 0.25) is 0 Å². The van der Waals surface area contributed by atoms with Crippen molar-refractivity contribution in [3.05, 3.63) is 33.6 Å². The maximum Gasteiger partial charge on any atom is 0.194 e. The van der Waals surface area contributed by atoms with Gasteiger partial charge in [-0.2, -0.15) is 0 Å². The molecule has 0 unspecified atom stereocenters. The van der Waals surface area contributed by atoms with Crippen LogP contribution in [0.25, 0.3) is 11.1 Å². The molecule has 0 atom stereocenters. The molecule has 13 heavy (non-hydrogen) atoms. The highest BCUT2D eigenvalue weighted by Crippen LogP contribution is 2.10. The van der Waals surface area contributed by atoms with E-state index in [2.05, 4.69) is 22.5 Å². The zero-order valence-corrected chi connectivity index (χ0v) is 9.87. The van der Waals surface area contributed by atoms with Gasteiger partial charge in [-0.25, -0.2) is 0 Å². The largest absolute Gasteiger partial charge is 0.444 e. The molecule has 70 valence electrons. The highest BCUT2D eigenvalue weighted by molar-refractivity contribution is 9.15. The van der Waals surface area contributed by atoms with Gasteiger partial charge in [-0.15, -0.1) is 0 Å². The molecule has 3 heteroatoms. The summed E-state index contributed by atoms with van der Waals surface area (Å²) < 4.78 is 6.12. The van der Waals surface area contributed by atoms with E-state index in [0.717, 1.165) is 9.70 Å². The predicted molar refractivity (Wildman–Crippen MR) is 60.3 cm³/mol. The van der Waals surface area contributed by atoms with Gasteiger partial charge >= 0.3 is 0 Å². The molecule has 0 aliphatic heterocycles. The lowest BCUT2D eigenvalue weighted by Crippen LogP contribution is -2.18. The molecule has 0 aliphatic rings. The topological polar surface area (TPSA) is 13.1 Å². The van der Waals surface area contributed by atoms with Gasteiger partial charge in [0.25, 0.3) is 0 Å². The van der Waals surface area contributed by atoms with Gasteiger partial charge in [0, 0.05) is 11.3 Å². The summed E-state index contributed by atoms with van der Waals surface area (Å²) in [5, 5.41) is 1.15. The maximum absolute atomic E-state index is 5.68. The first-order chi connectivity index (χ1) is 6.00. The van der Waals surface area contributed by atoms with Crippen molar-refractivity contribution >= 4 is 38.6 Å². The fourth-order valence-electron chi connectivity index (χ4n) is 0.916. The normalized spacial score (nSPS) is 12.6. The minimum Gasteiger partial charge on any atom is -0.444 e. The van der Waals surface area contributed by atoms with Crippen LogP contribution in [0.5, 0.6) is 0 Å². The number of furan rings is 1. The van der Waals surface area contributed by atoms with Gasteiger partial charge in [0.05, 0.1) is 4.48 Å². The summed E-state index contributed by atoms with van der Waals surface area (Å²) in [4.78, 5) is 0. The quantitative estimate of drug-likeness (QED) is 0.758. The first-order valence-corrected chi connectivity index (χ1v) is 4.97. The van der Waals surface area contributed by atoms with Crippen molar-refractivity contribution in [3.63, 3.8) is 0 Å².